The van der Waals surface area contributed by atoms with Gasteiger partial charge in [-0.2, -0.15) is 0 Å². The lowest BCUT2D eigenvalue weighted by molar-refractivity contribution is -0.385. The second kappa shape index (κ2) is 5.45. The number of nitrogens with zero attached hydrogens (tertiary/aromatic N) is 1. The van der Waals surface area contributed by atoms with Crippen LogP contribution in [0.2, 0.25) is 0 Å². The summed E-state index contributed by atoms with van der Waals surface area (Å²) in [6.07, 6.45) is 0. The van der Waals surface area contributed by atoms with E-state index in [1.165, 1.54) is 12.1 Å². The van der Waals surface area contributed by atoms with Crippen LogP contribution in [0.5, 0.6) is 0 Å². The lowest BCUT2D eigenvalue weighted by Crippen LogP contribution is -2.01. The van der Waals surface area contributed by atoms with E-state index >= 15 is 0 Å². The van der Waals surface area contributed by atoms with Crippen molar-refractivity contribution in [2.45, 2.75) is 6.54 Å². The maximum Gasteiger partial charge on any atom is 0.272 e. The number of nitro benzene ring substituents is 1. The third kappa shape index (κ3) is 3.05. The van der Waals surface area contributed by atoms with Crippen molar-refractivity contribution in [2.75, 3.05) is 5.32 Å². The zero-order valence-corrected chi connectivity index (χ0v) is 11.4. The van der Waals surface area contributed by atoms with Gasteiger partial charge in [0.2, 0.25) is 0 Å². The van der Waals surface area contributed by atoms with E-state index in [9.17, 15) is 14.5 Å². The fourth-order valence-corrected chi connectivity index (χ4v) is 2.61. The van der Waals surface area contributed by atoms with Gasteiger partial charge in [-0.05, 0) is 39.0 Å². The van der Waals surface area contributed by atoms with Crippen molar-refractivity contribution < 1.29 is 9.31 Å². The van der Waals surface area contributed by atoms with E-state index in [2.05, 4.69) is 21.2 Å². The molecule has 0 radical (unpaired) electrons. The third-order valence-electron chi connectivity index (χ3n) is 2.27. The van der Waals surface area contributed by atoms with Crippen LogP contribution in [0.4, 0.5) is 15.8 Å². The molecule has 4 nitrogen and oxygen atoms in total. The molecular formula is C11H8BrFN2O2S. The number of halogens is 2. The summed E-state index contributed by atoms with van der Waals surface area (Å²) in [5, 5.41) is 15.3. The Balaban J connectivity index is 2.08. The van der Waals surface area contributed by atoms with Gasteiger partial charge in [0.25, 0.3) is 5.69 Å². The van der Waals surface area contributed by atoms with Crippen LogP contribution >= 0.6 is 27.3 Å². The molecule has 94 valence electrons. The van der Waals surface area contributed by atoms with Gasteiger partial charge in [-0.25, -0.2) is 4.39 Å². The first kappa shape index (κ1) is 13.0. The number of anilines is 1. The Morgan fingerprint density at radius 1 is 1.44 bits per heavy atom. The molecule has 2 rings (SSSR count). The fraction of sp³-hybridized carbons (Fsp3) is 0.0909. The lowest BCUT2D eigenvalue weighted by Gasteiger charge is -2.05. The molecule has 0 amide bonds. The van der Waals surface area contributed by atoms with Crippen LogP contribution in [-0.4, -0.2) is 4.92 Å². The summed E-state index contributed by atoms with van der Waals surface area (Å²) in [5.41, 5.74) is 1.02. The molecule has 1 N–H and O–H groups in total. The molecule has 0 atom stereocenters. The summed E-state index contributed by atoms with van der Waals surface area (Å²) < 4.78 is 14.5. The zero-order valence-electron chi connectivity index (χ0n) is 9.02. The second-order valence-corrected chi connectivity index (χ2v) is 5.82. The molecule has 0 saturated carbocycles. The Labute approximate surface area is 115 Å². The Morgan fingerprint density at radius 3 is 2.78 bits per heavy atom. The van der Waals surface area contributed by atoms with Crippen LogP contribution < -0.4 is 5.32 Å². The van der Waals surface area contributed by atoms with Crippen molar-refractivity contribution in [2.24, 2.45) is 0 Å². The average molecular weight is 331 g/mol. The minimum absolute atomic E-state index is 0.253. The predicted octanol–water partition coefficient (Wildman–Crippen LogP) is 4.17. The van der Waals surface area contributed by atoms with Crippen LogP contribution in [0.1, 0.15) is 5.56 Å². The Kier molecular flexibility index (Phi) is 3.93. The molecule has 1 aromatic carbocycles. The van der Waals surface area contributed by atoms with E-state index in [1.807, 2.05) is 11.4 Å². The molecule has 0 unspecified atom stereocenters. The largest absolute Gasteiger partial charge is 0.379 e. The number of hydrogen-bond donors (Lipinski definition) is 1. The Hall–Kier alpha value is -1.47. The van der Waals surface area contributed by atoms with E-state index < -0.39 is 10.7 Å². The molecule has 0 spiro atoms. The second-order valence-electron chi connectivity index (χ2n) is 3.53. The van der Waals surface area contributed by atoms with Crippen LogP contribution in [-0.2, 0) is 6.54 Å². The number of non-ortho nitro benzene ring substituents is 1. The number of rotatable bonds is 4. The van der Waals surface area contributed by atoms with Gasteiger partial charge in [-0.15, -0.1) is 11.3 Å². The van der Waals surface area contributed by atoms with Crippen molar-refractivity contribution in [3.8, 4) is 0 Å². The summed E-state index contributed by atoms with van der Waals surface area (Å²) in [7, 11) is 0. The maximum absolute atomic E-state index is 13.5. The summed E-state index contributed by atoms with van der Waals surface area (Å²) >= 11 is 4.88. The van der Waals surface area contributed by atoms with E-state index in [4.69, 9.17) is 0 Å². The molecule has 0 aliphatic carbocycles. The Bertz CT molecular complexity index is 588. The molecule has 0 saturated heterocycles. The summed E-state index contributed by atoms with van der Waals surface area (Å²) in [6.45, 7) is 0.469. The molecule has 0 bridgehead atoms. The maximum atomic E-state index is 13.5. The number of benzene rings is 1. The predicted molar refractivity (Wildman–Crippen MR) is 72.4 cm³/mol. The number of nitrogens with one attached hydrogen (secondary N) is 1. The molecule has 0 fully saturated rings. The first-order chi connectivity index (χ1) is 8.56. The van der Waals surface area contributed by atoms with Crippen molar-refractivity contribution in [3.63, 3.8) is 0 Å². The number of hydrogen-bond acceptors (Lipinski definition) is 4. The highest BCUT2D eigenvalue weighted by Gasteiger charge is 2.10. The zero-order chi connectivity index (χ0) is 13.1. The van der Waals surface area contributed by atoms with E-state index in [0.29, 0.717) is 6.54 Å². The first-order valence-electron chi connectivity index (χ1n) is 4.97. The summed E-state index contributed by atoms with van der Waals surface area (Å²) in [5.74, 6) is -0.626. The van der Waals surface area contributed by atoms with Gasteiger partial charge in [-0.3, -0.25) is 10.1 Å². The normalized spacial score (nSPS) is 10.3. The molecule has 0 aliphatic rings. The number of nitro groups is 1. The van der Waals surface area contributed by atoms with E-state index in [1.54, 1.807) is 11.3 Å². The number of thiophene rings is 1. The van der Waals surface area contributed by atoms with Crippen LogP contribution in [0.15, 0.2) is 33.4 Å². The van der Waals surface area contributed by atoms with Gasteiger partial charge in [0.05, 0.1) is 20.5 Å². The minimum Gasteiger partial charge on any atom is -0.379 e. The van der Waals surface area contributed by atoms with Gasteiger partial charge in [0, 0.05) is 12.6 Å². The molecule has 1 heterocycles. The highest BCUT2D eigenvalue weighted by molar-refractivity contribution is 9.11. The molecular weight excluding hydrogens is 323 g/mol. The van der Waals surface area contributed by atoms with Gasteiger partial charge >= 0.3 is 0 Å². The van der Waals surface area contributed by atoms with Crippen LogP contribution in [0.3, 0.4) is 0 Å². The third-order valence-corrected chi connectivity index (χ3v) is 3.82. The lowest BCUT2D eigenvalue weighted by atomic mass is 10.2. The quantitative estimate of drug-likeness (QED) is 0.676. The van der Waals surface area contributed by atoms with Gasteiger partial charge in [-0.1, -0.05) is 0 Å². The van der Waals surface area contributed by atoms with Crippen molar-refractivity contribution in [1.29, 1.82) is 0 Å². The van der Waals surface area contributed by atoms with E-state index in [0.717, 1.165) is 15.4 Å². The molecule has 1 aromatic heterocycles. The monoisotopic (exact) mass is 330 g/mol. The first-order valence-corrected chi connectivity index (χ1v) is 6.64. The molecule has 18 heavy (non-hydrogen) atoms. The topological polar surface area (TPSA) is 55.2 Å². The van der Waals surface area contributed by atoms with Crippen LogP contribution in [0.25, 0.3) is 0 Å². The average Bonchev–Trinajstić information content (AvgIpc) is 2.73. The smallest absolute Gasteiger partial charge is 0.272 e. The summed E-state index contributed by atoms with van der Waals surface area (Å²) in [4.78, 5) is 9.84. The molecule has 2 aromatic rings. The van der Waals surface area contributed by atoms with Crippen molar-refractivity contribution in [3.05, 3.63) is 54.9 Å². The van der Waals surface area contributed by atoms with Crippen LogP contribution in [0, 0.1) is 15.9 Å². The fourth-order valence-electron chi connectivity index (χ4n) is 1.40. The van der Waals surface area contributed by atoms with Gasteiger partial charge in [0.1, 0.15) is 0 Å². The molecule has 7 heteroatoms. The standard InChI is InChI=1S/C11H8BrFN2O2S/c12-11-3-7(6-18-11)5-14-10-2-1-8(15(16)17)4-9(10)13/h1-4,6,14H,5H2. The summed E-state index contributed by atoms with van der Waals surface area (Å²) in [6, 6.07) is 5.48. The van der Waals surface area contributed by atoms with Crippen molar-refractivity contribution in [1.82, 2.24) is 0 Å². The van der Waals surface area contributed by atoms with Gasteiger partial charge in [0.15, 0.2) is 5.82 Å². The minimum atomic E-state index is -0.626. The Morgan fingerprint density at radius 2 is 2.22 bits per heavy atom. The highest BCUT2D eigenvalue weighted by atomic mass is 79.9. The van der Waals surface area contributed by atoms with Crippen molar-refractivity contribution >= 4 is 38.6 Å². The van der Waals surface area contributed by atoms with E-state index in [-0.39, 0.29) is 11.4 Å². The SMILES string of the molecule is O=[N+]([O-])c1ccc(NCc2csc(Br)c2)c(F)c1. The van der Waals surface area contributed by atoms with Gasteiger partial charge < -0.3 is 5.32 Å². The molecule has 0 aliphatic heterocycles. The highest BCUT2D eigenvalue weighted by Crippen LogP contribution is 2.23.